The Balaban J connectivity index is 1.89. The Bertz CT molecular complexity index is 525. The quantitative estimate of drug-likeness (QED) is 0.820. The number of rotatable bonds is 3. The fourth-order valence-electron chi connectivity index (χ4n) is 2.10. The van der Waals surface area contributed by atoms with Crippen molar-refractivity contribution in [1.29, 1.82) is 0 Å². The average Bonchev–Trinajstić information content (AvgIpc) is 2.86. The number of fused-ring (bicyclic) bond motifs is 1. The molecule has 0 spiro atoms. The van der Waals surface area contributed by atoms with Gasteiger partial charge in [0.25, 0.3) is 0 Å². The van der Waals surface area contributed by atoms with E-state index in [-0.39, 0.29) is 5.54 Å². The van der Waals surface area contributed by atoms with Gasteiger partial charge in [0.15, 0.2) is 0 Å². The minimum Gasteiger partial charge on any atom is -0.358 e. The molecule has 4 heteroatoms. The third-order valence-electron chi connectivity index (χ3n) is 3.52. The zero-order valence-corrected chi connectivity index (χ0v) is 9.45. The largest absolute Gasteiger partial charge is 0.358 e. The Labute approximate surface area is 94.3 Å². The number of aryl methyl sites for hydroxylation is 2. The highest BCUT2D eigenvalue weighted by Crippen LogP contribution is 2.37. The summed E-state index contributed by atoms with van der Waals surface area (Å²) in [6, 6.07) is 0. The molecule has 84 valence electrons. The van der Waals surface area contributed by atoms with Gasteiger partial charge >= 0.3 is 0 Å². The predicted molar refractivity (Wildman–Crippen MR) is 63.1 cm³/mol. The molecule has 2 aromatic rings. The molecule has 1 aliphatic rings. The average molecular weight is 216 g/mol. The van der Waals surface area contributed by atoms with Crippen molar-refractivity contribution in [3.05, 3.63) is 23.8 Å². The second-order valence-electron chi connectivity index (χ2n) is 4.86. The van der Waals surface area contributed by atoms with Crippen LogP contribution < -0.4 is 5.73 Å². The molecule has 0 unspecified atom stereocenters. The van der Waals surface area contributed by atoms with Gasteiger partial charge in [0.1, 0.15) is 6.33 Å². The van der Waals surface area contributed by atoms with Gasteiger partial charge in [-0.15, -0.1) is 0 Å². The lowest BCUT2D eigenvalue weighted by atomic mass is 10.1. The molecule has 0 radical (unpaired) electrons. The van der Waals surface area contributed by atoms with Crippen LogP contribution in [-0.4, -0.2) is 20.5 Å². The second-order valence-corrected chi connectivity index (χ2v) is 4.86. The SMILES string of the molecule is Cc1ncnc2c(CCC3(N)CC3)c[nH]c12. The van der Waals surface area contributed by atoms with E-state index in [2.05, 4.69) is 15.0 Å². The van der Waals surface area contributed by atoms with Gasteiger partial charge in [0.2, 0.25) is 0 Å². The Morgan fingerprint density at radius 1 is 1.44 bits per heavy atom. The minimum absolute atomic E-state index is 0.117. The first-order valence-corrected chi connectivity index (χ1v) is 5.74. The summed E-state index contributed by atoms with van der Waals surface area (Å²) < 4.78 is 0. The topological polar surface area (TPSA) is 67.6 Å². The van der Waals surface area contributed by atoms with Crippen molar-refractivity contribution in [2.75, 3.05) is 0 Å². The number of nitrogens with zero attached hydrogens (tertiary/aromatic N) is 2. The normalized spacial score (nSPS) is 17.9. The van der Waals surface area contributed by atoms with Crippen molar-refractivity contribution in [3.8, 4) is 0 Å². The molecule has 1 aliphatic carbocycles. The van der Waals surface area contributed by atoms with Crippen LogP contribution >= 0.6 is 0 Å². The van der Waals surface area contributed by atoms with E-state index < -0.39 is 0 Å². The smallest absolute Gasteiger partial charge is 0.116 e. The van der Waals surface area contributed by atoms with E-state index in [4.69, 9.17) is 5.73 Å². The first-order chi connectivity index (χ1) is 7.68. The van der Waals surface area contributed by atoms with Crippen LogP contribution in [0.25, 0.3) is 11.0 Å². The molecule has 0 amide bonds. The lowest BCUT2D eigenvalue weighted by Crippen LogP contribution is -2.22. The van der Waals surface area contributed by atoms with Crippen molar-refractivity contribution in [2.24, 2.45) is 5.73 Å². The van der Waals surface area contributed by atoms with Crippen LogP contribution in [-0.2, 0) is 6.42 Å². The maximum Gasteiger partial charge on any atom is 0.116 e. The van der Waals surface area contributed by atoms with Crippen LogP contribution in [0.3, 0.4) is 0 Å². The van der Waals surface area contributed by atoms with Crippen LogP contribution in [0, 0.1) is 6.92 Å². The summed E-state index contributed by atoms with van der Waals surface area (Å²) in [5.41, 5.74) is 10.6. The number of aromatic nitrogens is 3. The maximum absolute atomic E-state index is 6.09. The van der Waals surface area contributed by atoms with E-state index in [0.29, 0.717) is 0 Å². The van der Waals surface area contributed by atoms with Crippen molar-refractivity contribution < 1.29 is 0 Å². The summed E-state index contributed by atoms with van der Waals surface area (Å²) >= 11 is 0. The van der Waals surface area contributed by atoms with Crippen LogP contribution in [0.1, 0.15) is 30.5 Å². The summed E-state index contributed by atoms with van der Waals surface area (Å²) in [7, 11) is 0. The molecule has 0 bridgehead atoms. The molecule has 1 saturated carbocycles. The first-order valence-electron chi connectivity index (χ1n) is 5.74. The first kappa shape index (κ1) is 9.78. The number of H-pyrrole nitrogens is 1. The highest BCUT2D eigenvalue weighted by molar-refractivity contribution is 5.80. The predicted octanol–water partition coefficient (Wildman–Crippen LogP) is 1.69. The van der Waals surface area contributed by atoms with Crippen LogP contribution in [0.2, 0.25) is 0 Å². The molecular formula is C12H16N4. The summed E-state index contributed by atoms with van der Waals surface area (Å²) in [5, 5.41) is 0. The van der Waals surface area contributed by atoms with E-state index >= 15 is 0 Å². The van der Waals surface area contributed by atoms with E-state index in [1.807, 2.05) is 13.1 Å². The molecule has 0 aliphatic heterocycles. The molecule has 0 saturated heterocycles. The lowest BCUT2D eigenvalue weighted by Gasteiger charge is -2.06. The Morgan fingerprint density at radius 3 is 3.00 bits per heavy atom. The molecule has 0 atom stereocenters. The fraction of sp³-hybridized carbons (Fsp3) is 0.500. The van der Waals surface area contributed by atoms with E-state index in [9.17, 15) is 0 Å². The van der Waals surface area contributed by atoms with E-state index in [1.54, 1.807) is 6.33 Å². The highest BCUT2D eigenvalue weighted by atomic mass is 14.9. The van der Waals surface area contributed by atoms with Gasteiger partial charge in [-0.1, -0.05) is 0 Å². The Morgan fingerprint density at radius 2 is 2.25 bits per heavy atom. The van der Waals surface area contributed by atoms with Crippen molar-refractivity contribution >= 4 is 11.0 Å². The number of hydrogen-bond donors (Lipinski definition) is 2. The zero-order valence-electron chi connectivity index (χ0n) is 9.45. The fourth-order valence-corrected chi connectivity index (χ4v) is 2.10. The van der Waals surface area contributed by atoms with Gasteiger partial charge in [-0.3, -0.25) is 0 Å². The van der Waals surface area contributed by atoms with Gasteiger partial charge in [-0.25, -0.2) is 9.97 Å². The summed E-state index contributed by atoms with van der Waals surface area (Å²) in [4.78, 5) is 11.8. The summed E-state index contributed by atoms with van der Waals surface area (Å²) in [6.07, 6.45) is 8.07. The number of nitrogens with two attached hydrogens (primary N) is 1. The van der Waals surface area contributed by atoms with E-state index in [0.717, 1.165) is 29.6 Å². The molecule has 3 rings (SSSR count). The third-order valence-corrected chi connectivity index (χ3v) is 3.52. The molecule has 0 aromatic carbocycles. The van der Waals surface area contributed by atoms with Crippen LogP contribution in [0.15, 0.2) is 12.5 Å². The Kier molecular flexibility index (Phi) is 2.01. The molecule has 1 fully saturated rings. The van der Waals surface area contributed by atoms with Gasteiger partial charge in [0.05, 0.1) is 16.7 Å². The van der Waals surface area contributed by atoms with E-state index in [1.165, 1.54) is 18.4 Å². The maximum atomic E-state index is 6.09. The van der Waals surface area contributed by atoms with Gasteiger partial charge in [0, 0.05) is 11.7 Å². The number of hydrogen-bond acceptors (Lipinski definition) is 3. The van der Waals surface area contributed by atoms with Gasteiger partial charge < -0.3 is 10.7 Å². The number of aromatic amines is 1. The molecule has 16 heavy (non-hydrogen) atoms. The monoisotopic (exact) mass is 216 g/mol. The van der Waals surface area contributed by atoms with Crippen LogP contribution in [0.5, 0.6) is 0 Å². The highest BCUT2D eigenvalue weighted by Gasteiger charge is 2.37. The lowest BCUT2D eigenvalue weighted by molar-refractivity contribution is 0.610. The summed E-state index contributed by atoms with van der Waals surface area (Å²) in [6.45, 7) is 2.00. The van der Waals surface area contributed by atoms with Gasteiger partial charge in [-0.05, 0) is 38.2 Å². The zero-order chi connectivity index (χ0) is 11.2. The number of nitrogens with one attached hydrogen (secondary N) is 1. The van der Waals surface area contributed by atoms with Crippen LogP contribution in [0.4, 0.5) is 0 Å². The van der Waals surface area contributed by atoms with Crippen molar-refractivity contribution in [1.82, 2.24) is 15.0 Å². The molecule has 2 aromatic heterocycles. The minimum atomic E-state index is 0.117. The third kappa shape index (κ3) is 1.59. The molecule has 2 heterocycles. The second kappa shape index (κ2) is 3.28. The molecular weight excluding hydrogens is 200 g/mol. The Hall–Kier alpha value is -1.42. The standard InChI is InChI=1S/C12H16N4/c1-8-10-11(16-7-15-8)9(6-14-10)2-3-12(13)4-5-12/h6-7,14H,2-5,13H2,1H3. The molecule has 3 N–H and O–H groups in total. The molecule has 4 nitrogen and oxygen atoms in total. The van der Waals surface area contributed by atoms with Crippen molar-refractivity contribution in [3.63, 3.8) is 0 Å². The van der Waals surface area contributed by atoms with Gasteiger partial charge in [-0.2, -0.15) is 0 Å². The summed E-state index contributed by atoms with van der Waals surface area (Å²) in [5.74, 6) is 0. The van der Waals surface area contributed by atoms with Crippen molar-refractivity contribution in [2.45, 2.75) is 38.1 Å².